The SMILES string of the molecule is O=C(Nc1cccc(CN2CCCC2)c1)NC1COc2ccccc2C1. The largest absolute Gasteiger partial charge is 0.491 e. The molecule has 2 aromatic rings. The Kier molecular flexibility index (Phi) is 5.07. The average molecular weight is 351 g/mol. The van der Waals surface area contributed by atoms with Crippen LogP contribution < -0.4 is 15.4 Å². The van der Waals surface area contributed by atoms with Gasteiger partial charge in [-0.05, 0) is 61.7 Å². The topological polar surface area (TPSA) is 53.6 Å². The van der Waals surface area contributed by atoms with E-state index in [1.807, 2.05) is 36.4 Å². The number of likely N-dealkylation sites (tertiary alicyclic amines) is 1. The van der Waals surface area contributed by atoms with E-state index >= 15 is 0 Å². The van der Waals surface area contributed by atoms with Crippen molar-refractivity contribution in [2.45, 2.75) is 31.8 Å². The number of anilines is 1. The van der Waals surface area contributed by atoms with Crippen molar-refractivity contribution in [1.82, 2.24) is 10.2 Å². The molecule has 2 N–H and O–H groups in total. The number of ether oxygens (including phenoxy) is 1. The van der Waals surface area contributed by atoms with Crippen molar-refractivity contribution in [1.29, 1.82) is 0 Å². The lowest BCUT2D eigenvalue weighted by molar-refractivity contribution is 0.222. The molecule has 0 aliphatic carbocycles. The first-order valence-corrected chi connectivity index (χ1v) is 9.36. The van der Waals surface area contributed by atoms with Gasteiger partial charge in [0.1, 0.15) is 12.4 Å². The first-order valence-electron chi connectivity index (χ1n) is 9.36. The minimum absolute atomic E-state index is 0.0160. The number of hydrogen-bond acceptors (Lipinski definition) is 3. The van der Waals surface area contributed by atoms with Crippen LogP contribution in [0.4, 0.5) is 10.5 Å². The summed E-state index contributed by atoms with van der Waals surface area (Å²) in [6.45, 7) is 3.78. The molecule has 2 aliphatic heterocycles. The van der Waals surface area contributed by atoms with E-state index in [1.165, 1.54) is 31.5 Å². The Morgan fingerprint density at radius 1 is 1.12 bits per heavy atom. The molecule has 1 fully saturated rings. The maximum Gasteiger partial charge on any atom is 0.319 e. The van der Waals surface area contributed by atoms with Crippen LogP contribution >= 0.6 is 0 Å². The maximum atomic E-state index is 12.4. The van der Waals surface area contributed by atoms with Gasteiger partial charge in [0.2, 0.25) is 0 Å². The molecule has 2 amide bonds. The average Bonchev–Trinajstić information content (AvgIpc) is 3.15. The van der Waals surface area contributed by atoms with Crippen molar-refractivity contribution in [2.75, 3.05) is 25.0 Å². The van der Waals surface area contributed by atoms with Crippen LogP contribution in [0.15, 0.2) is 48.5 Å². The van der Waals surface area contributed by atoms with E-state index in [0.29, 0.717) is 6.61 Å². The van der Waals surface area contributed by atoms with E-state index in [4.69, 9.17) is 4.74 Å². The third-order valence-corrected chi connectivity index (χ3v) is 5.00. The van der Waals surface area contributed by atoms with Gasteiger partial charge in [0.15, 0.2) is 0 Å². The second-order valence-corrected chi connectivity index (χ2v) is 7.10. The van der Waals surface area contributed by atoms with Gasteiger partial charge in [0.25, 0.3) is 0 Å². The van der Waals surface area contributed by atoms with Gasteiger partial charge in [0, 0.05) is 12.2 Å². The number of rotatable bonds is 4. The standard InChI is InChI=1S/C21H25N3O2/c25-21(23-19-13-17-7-1-2-9-20(17)26-15-19)22-18-8-5-6-16(12-18)14-24-10-3-4-11-24/h1-2,5-9,12,19H,3-4,10-11,13-15H2,(H2,22,23,25). The highest BCUT2D eigenvalue weighted by atomic mass is 16.5. The number of urea groups is 1. The molecule has 26 heavy (non-hydrogen) atoms. The fraction of sp³-hybridized carbons (Fsp3) is 0.381. The molecule has 1 unspecified atom stereocenters. The lowest BCUT2D eigenvalue weighted by atomic mass is 10.0. The third kappa shape index (κ3) is 4.17. The summed E-state index contributed by atoms with van der Waals surface area (Å²) in [4.78, 5) is 14.8. The number of benzene rings is 2. The molecule has 136 valence electrons. The monoisotopic (exact) mass is 351 g/mol. The normalized spacial score (nSPS) is 19.5. The van der Waals surface area contributed by atoms with Gasteiger partial charge in [-0.2, -0.15) is 0 Å². The summed E-state index contributed by atoms with van der Waals surface area (Å²) < 4.78 is 5.73. The number of nitrogens with zero attached hydrogens (tertiary/aromatic N) is 1. The van der Waals surface area contributed by atoms with Crippen molar-refractivity contribution in [2.24, 2.45) is 0 Å². The summed E-state index contributed by atoms with van der Waals surface area (Å²) in [7, 11) is 0. The zero-order valence-electron chi connectivity index (χ0n) is 14.9. The Morgan fingerprint density at radius 2 is 1.96 bits per heavy atom. The predicted molar refractivity (Wildman–Crippen MR) is 103 cm³/mol. The summed E-state index contributed by atoms with van der Waals surface area (Å²) in [6, 6.07) is 15.9. The second-order valence-electron chi connectivity index (χ2n) is 7.10. The highest BCUT2D eigenvalue weighted by molar-refractivity contribution is 5.89. The third-order valence-electron chi connectivity index (χ3n) is 5.00. The molecular formula is C21H25N3O2. The highest BCUT2D eigenvalue weighted by Crippen LogP contribution is 2.24. The van der Waals surface area contributed by atoms with Crippen LogP contribution in [0.3, 0.4) is 0 Å². The number of carbonyl (C=O) groups is 1. The fourth-order valence-electron chi connectivity index (χ4n) is 3.72. The highest BCUT2D eigenvalue weighted by Gasteiger charge is 2.21. The summed E-state index contributed by atoms with van der Waals surface area (Å²) in [5, 5.41) is 5.97. The molecule has 1 saturated heterocycles. The number of para-hydroxylation sites is 1. The van der Waals surface area contributed by atoms with Crippen LogP contribution in [-0.4, -0.2) is 36.7 Å². The molecule has 5 heteroatoms. The molecule has 0 aromatic heterocycles. The quantitative estimate of drug-likeness (QED) is 0.888. The van der Waals surface area contributed by atoms with Crippen molar-refractivity contribution in [3.8, 4) is 5.75 Å². The molecular weight excluding hydrogens is 326 g/mol. The fourth-order valence-corrected chi connectivity index (χ4v) is 3.72. The minimum Gasteiger partial charge on any atom is -0.491 e. The molecule has 2 heterocycles. The molecule has 0 radical (unpaired) electrons. The molecule has 0 bridgehead atoms. The van der Waals surface area contributed by atoms with Gasteiger partial charge in [-0.3, -0.25) is 4.90 Å². The Hall–Kier alpha value is -2.53. The van der Waals surface area contributed by atoms with E-state index < -0.39 is 0 Å². The van der Waals surface area contributed by atoms with Gasteiger partial charge >= 0.3 is 6.03 Å². The van der Waals surface area contributed by atoms with Gasteiger partial charge in [-0.1, -0.05) is 30.3 Å². The molecule has 4 rings (SSSR count). The molecule has 5 nitrogen and oxygen atoms in total. The Bertz CT molecular complexity index is 771. The van der Waals surface area contributed by atoms with Crippen molar-refractivity contribution >= 4 is 11.7 Å². The van der Waals surface area contributed by atoms with E-state index in [9.17, 15) is 4.79 Å². The van der Waals surface area contributed by atoms with Crippen LogP contribution in [0, 0.1) is 0 Å². The maximum absolute atomic E-state index is 12.4. The van der Waals surface area contributed by atoms with Gasteiger partial charge < -0.3 is 15.4 Å². The summed E-state index contributed by atoms with van der Waals surface area (Å²) >= 11 is 0. The molecule has 0 saturated carbocycles. The molecule has 1 atom stereocenters. The van der Waals surface area contributed by atoms with Crippen molar-refractivity contribution in [3.63, 3.8) is 0 Å². The van der Waals surface area contributed by atoms with Crippen molar-refractivity contribution in [3.05, 3.63) is 59.7 Å². The van der Waals surface area contributed by atoms with Crippen LogP contribution in [0.25, 0.3) is 0 Å². The second kappa shape index (κ2) is 7.79. The molecule has 0 spiro atoms. The number of nitrogens with one attached hydrogen (secondary N) is 2. The first kappa shape index (κ1) is 16.9. The molecule has 2 aliphatic rings. The van der Waals surface area contributed by atoms with Crippen LogP contribution in [0.5, 0.6) is 5.75 Å². The number of amides is 2. The minimum atomic E-state index is -0.184. The summed E-state index contributed by atoms with van der Waals surface area (Å²) in [5.41, 5.74) is 3.20. The van der Waals surface area contributed by atoms with Crippen LogP contribution in [0.2, 0.25) is 0 Å². The summed E-state index contributed by atoms with van der Waals surface area (Å²) in [6.07, 6.45) is 3.36. The number of fused-ring (bicyclic) bond motifs is 1. The summed E-state index contributed by atoms with van der Waals surface area (Å²) in [5.74, 6) is 0.917. The Morgan fingerprint density at radius 3 is 2.85 bits per heavy atom. The smallest absolute Gasteiger partial charge is 0.319 e. The van der Waals surface area contributed by atoms with Crippen LogP contribution in [-0.2, 0) is 13.0 Å². The van der Waals surface area contributed by atoms with Crippen molar-refractivity contribution < 1.29 is 9.53 Å². The lowest BCUT2D eigenvalue weighted by Gasteiger charge is -2.26. The van der Waals surface area contributed by atoms with E-state index in [1.54, 1.807) is 0 Å². The Labute approximate surface area is 154 Å². The first-order chi connectivity index (χ1) is 12.8. The molecule has 2 aromatic carbocycles. The van der Waals surface area contributed by atoms with E-state index in [0.717, 1.165) is 30.0 Å². The van der Waals surface area contributed by atoms with Gasteiger partial charge in [-0.15, -0.1) is 0 Å². The lowest BCUT2D eigenvalue weighted by Crippen LogP contribution is -2.44. The number of hydrogen-bond donors (Lipinski definition) is 2. The van der Waals surface area contributed by atoms with E-state index in [2.05, 4.69) is 27.7 Å². The van der Waals surface area contributed by atoms with Gasteiger partial charge in [-0.25, -0.2) is 4.79 Å². The van der Waals surface area contributed by atoms with Gasteiger partial charge in [0.05, 0.1) is 6.04 Å². The van der Waals surface area contributed by atoms with E-state index in [-0.39, 0.29) is 12.1 Å². The predicted octanol–water partition coefficient (Wildman–Crippen LogP) is 3.41. The zero-order valence-corrected chi connectivity index (χ0v) is 14.9. The van der Waals surface area contributed by atoms with Crippen LogP contribution in [0.1, 0.15) is 24.0 Å². The zero-order chi connectivity index (χ0) is 17.8. The number of carbonyl (C=O) groups excluding carboxylic acids is 1. The Balaban J connectivity index is 1.32.